The summed E-state index contributed by atoms with van der Waals surface area (Å²) < 4.78 is 5.66. The van der Waals surface area contributed by atoms with Gasteiger partial charge in [0.05, 0.1) is 10.6 Å². The minimum atomic E-state index is -0.893. The molecule has 6 nitrogen and oxygen atoms in total. The van der Waals surface area contributed by atoms with Gasteiger partial charge in [0.1, 0.15) is 0 Å². The minimum Gasteiger partial charge on any atom is -0.465 e. The second-order valence-electron chi connectivity index (χ2n) is 5.31. The molecule has 2 aromatic rings. The first-order valence-corrected chi connectivity index (χ1v) is 7.60. The molecule has 1 saturated heterocycles. The van der Waals surface area contributed by atoms with E-state index in [1.54, 1.807) is 6.07 Å². The highest BCUT2D eigenvalue weighted by Crippen LogP contribution is 2.27. The first-order valence-electron chi connectivity index (χ1n) is 7.22. The number of nitrogens with zero attached hydrogens (tertiary/aromatic N) is 3. The molecular formula is C15H16ClN3O3. The summed E-state index contributed by atoms with van der Waals surface area (Å²) in [4.78, 5) is 12.7. The van der Waals surface area contributed by atoms with Crippen molar-refractivity contribution in [2.45, 2.75) is 31.7 Å². The molecule has 0 unspecified atom stereocenters. The Hall–Kier alpha value is -2.08. The first-order chi connectivity index (χ1) is 10.6. The van der Waals surface area contributed by atoms with Crippen LogP contribution in [0, 0.1) is 0 Å². The third-order valence-corrected chi connectivity index (χ3v) is 4.18. The molecule has 1 aromatic carbocycles. The predicted molar refractivity (Wildman–Crippen MR) is 80.8 cm³/mol. The van der Waals surface area contributed by atoms with Crippen molar-refractivity contribution in [1.29, 1.82) is 0 Å². The van der Waals surface area contributed by atoms with Crippen molar-refractivity contribution in [2.24, 2.45) is 0 Å². The van der Waals surface area contributed by atoms with E-state index in [0.717, 1.165) is 19.3 Å². The summed E-state index contributed by atoms with van der Waals surface area (Å²) in [6, 6.07) is 7.14. The molecule has 1 aliphatic heterocycles. The molecule has 0 saturated carbocycles. The SMILES string of the molecule is O=C(O)N1CCCC[C@H]1Cc1nnc(-c2ccccc2Cl)o1. The molecule has 7 heteroatoms. The van der Waals surface area contributed by atoms with E-state index in [2.05, 4.69) is 10.2 Å². The molecule has 116 valence electrons. The summed E-state index contributed by atoms with van der Waals surface area (Å²) >= 11 is 6.11. The lowest BCUT2D eigenvalue weighted by Crippen LogP contribution is -2.44. The Morgan fingerprint density at radius 3 is 2.95 bits per heavy atom. The smallest absolute Gasteiger partial charge is 0.407 e. The van der Waals surface area contributed by atoms with E-state index in [9.17, 15) is 9.90 Å². The molecule has 1 atom stereocenters. The fourth-order valence-corrected chi connectivity index (χ4v) is 2.96. The van der Waals surface area contributed by atoms with Gasteiger partial charge in [-0.05, 0) is 31.4 Å². The van der Waals surface area contributed by atoms with Crippen LogP contribution in [0.4, 0.5) is 4.79 Å². The predicted octanol–water partition coefficient (Wildman–Crippen LogP) is 3.47. The quantitative estimate of drug-likeness (QED) is 0.936. The zero-order chi connectivity index (χ0) is 15.5. The largest absolute Gasteiger partial charge is 0.465 e. The van der Waals surface area contributed by atoms with Gasteiger partial charge in [-0.2, -0.15) is 0 Å². The molecule has 1 N–H and O–H groups in total. The Bertz CT molecular complexity index is 674. The van der Waals surface area contributed by atoms with Gasteiger partial charge in [0.25, 0.3) is 0 Å². The van der Waals surface area contributed by atoms with Crippen LogP contribution in [0.3, 0.4) is 0 Å². The fourth-order valence-electron chi connectivity index (χ4n) is 2.75. The van der Waals surface area contributed by atoms with E-state index in [1.165, 1.54) is 4.90 Å². The topological polar surface area (TPSA) is 79.5 Å². The Labute approximate surface area is 132 Å². The van der Waals surface area contributed by atoms with Crippen molar-refractivity contribution in [1.82, 2.24) is 15.1 Å². The number of amides is 1. The Morgan fingerprint density at radius 1 is 1.36 bits per heavy atom. The van der Waals surface area contributed by atoms with Gasteiger partial charge in [0.2, 0.25) is 11.8 Å². The molecule has 1 amide bonds. The van der Waals surface area contributed by atoms with Crippen LogP contribution in [-0.2, 0) is 6.42 Å². The number of halogens is 1. The van der Waals surface area contributed by atoms with Gasteiger partial charge in [0.15, 0.2) is 0 Å². The number of benzene rings is 1. The van der Waals surface area contributed by atoms with Gasteiger partial charge < -0.3 is 14.4 Å². The second-order valence-corrected chi connectivity index (χ2v) is 5.72. The van der Waals surface area contributed by atoms with Crippen LogP contribution in [0.25, 0.3) is 11.5 Å². The standard InChI is InChI=1S/C15H16ClN3O3/c16-12-7-2-1-6-11(12)14-18-17-13(22-14)9-10-5-3-4-8-19(10)15(20)21/h1-2,6-7,10H,3-5,8-9H2,(H,20,21)/t10-/m0/s1. The van der Waals surface area contributed by atoms with E-state index in [-0.39, 0.29) is 6.04 Å². The van der Waals surface area contributed by atoms with Crippen LogP contribution in [0.5, 0.6) is 0 Å². The van der Waals surface area contributed by atoms with Crippen molar-refractivity contribution in [3.8, 4) is 11.5 Å². The van der Waals surface area contributed by atoms with Crippen molar-refractivity contribution in [3.05, 3.63) is 35.2 Å². The number of likely N-dealkylation sites (tertiary alicyclic amines) is 1. The Kier molecular flexibility index (Phi) is 4.29. The molecule has 0 aliphatic carbocycles. The van der Waals surface area contributed by atoms with Crippen molar-refractivity contribution in [2.75, 3.05) is 6.54 Å². The van der Waals surface area contributed by atoms with E-state index in [4.69, 9.17) is 16.0 Å². The van der Waals surface area contributed by atoms with Crippen molar-refractivity contribution in [3.63, 3.8) is 0 Å². The van der Waals surface area contributed by atoms with Gasteiger partial charge >= 0.3 is 6.09 Å². The molecule has 0 bridgehead atoms. The number of carboxylic acid groups (broad SMARTS) is 1. The zero-order valence-electron chi connectivity index (χ0n) is 11.9. The van der Waals surface area contributed by atoms with Gasteiger partial charge in [-0.3, -0.25) is 0 Å². The summed E-state index contributed by atoms with van der Waals surface area (Å²) in [6.45, 7) is 0.561. The third-order valence-electron chi connectivity index (χ3n) is 3.85. The summed E-state index contributed by atoms with van der Waals surface area (Å²) in [6.07, 6.45) is 2.27. The van der Waals surface area contributed by atoms with E-state index in [0.29, 0.717) is 35.3 Å². The molecule has 22 heavy (non-hydrogen) atoms. The van der Waals surface area contributed by atoms with Crippen LogP contribution >= 0.6 is 11.6 Å². The average molecular weight is 322 g/mol. The molecule has 2 heterocycles. The summed E-state index contributed by atoms with van der Waals surface area (Å²) in [7, 11) is 0. The van der Waals surface area contributed by atoms with E-state index < -0.39 is 6.09 Å². The summed E-state index contributed by atoms with van der Waals surface area (Å²) in [5, 5.41) is 17.8. The van der Waals surface area contributed by atoms with Crippen LogP contribution in [-0.4, -0.2) is 38.9 Å². The molecule has 1 aromatic heterocycles. The maximum absolute atomic E-state index is 11.3. The first kappa shape index (κ1) is 14.8. The number of carbonyl (C=O) groups is 1. The summed E-state index contributed by atoms with van der Waals surface area (Å²) in [5.74, 6) is 0.798. The second kappa shape index (κ2) is 6.36. The Morgan fingerprint density at radius 2 is 2.18 bits per heavy atom. The molecule has 3 rings (SSSR count). The number of piperidine rings is 1. The monoisotopic (exact) mass is 321 g/mol. The number of rotatable bonds is 3. The normalized spacial score (nSPS) is 18.4. The van der Waals surface area contributed by atoms with E-state index >= 15 is 0 Å². The van der Waals surface area contributed by atoms with Crippen molar-refractivity contribution >= 4 is 17.7 Å². The molecule has 0 spiro atoms. The van der Waals surface area contributed by atoms with Crippen LogP contribution < -0.4 is 0 Å². The average Bonchev–Trinajstić information content (AvgIpc) is 2.96. The molecule has 0 radical (unpaired) electrons. The van der Waals surface area contributed by atoms with Gasteiger partial charge in [-0.25, -0.2) is 4.79 Å². The van der Waals surface area contributed by atoms with Crippen LogP contribution in [0.1, 0.15) is 25.2 Å². The highest BCUT2D eigenvalue weighted by atomic mass is 35.5. The van der Waals surface area contributed by atoms with Gasteiger partial charge in [0, 0.05) is 19.0 Å². The Balaban J connectivity index is 1.77. The lowest BCUT2D eigenvalue weighted by molar-refractivity contribution is 0.104. The molecule has 1 aliphatic rings. The third kappa shape index (κ3) is 3.06. The highest BCUT2D eigenvalue weighted by molar-refractivity contribution is 6.33. The molecular weight excluding hydrogens is 306 g/mol. The fraction of sp³-hybridized carbons (Fsp3) is 0.400. The molecule has 1 fully saturated rings. The van der Waals surface area contributed by atoms with Gasteiger partial charge in [-0.15, -0.1) is 10.2 Å². The maximum Gasteiger partial charge on any atom is 0.407 e. The van der Waals surface area contributed by atoms with Gasteiger partial charge in [-0.1, -0.05) is 23.7 Å². The summed E-state index contributed by atoms with van der Waals surface area (Å²) in [5.41, 5.74) is 0.682. The lowest BCUT2D eigenvalue weighted by atomic mass is 10.00. The van der Waals surface area contributed by atoms with Crippen LogP contribution in [0.2, 0.25) is 5.02 Å². The van der Waals surface area contributed by atoms with Crippen molar-refractivity contribution < 1.29 is 14.3 Å². The minimum absolute atomic E-state index is 0.106. The number of aromatic nitrogens is 2. The number of hydrogen-bond donors (Lipinski definition) is 1. The highest BCUT2D eigenvalue weighted by Gasteiger charge is 2.28. The lowest BCUT2D eigenvalue weighted by Gasteiger charge is -2.32. The zero-order valence-corrected chi connectivity index (χ0v) is 12.7. The number of hydrogen-bond acceptors (Lipinski definition) is 4. The van der Waals surface area contributed by atoms with E-state index in [1.807, 2.05) is 18.2 Å². The van der Waals surface area contributed by atoms with Crippen LogP contribution in [0.15, 0.2) is 28.7 Å². The maximum atomic E-state index is 11.3.